The van der Waals surface area contributed by atoms with Gasteiger partial charge in [-0.1, -0.05) is 76.2 Å². The van der Waals surface area contributed by atoms with Crippen LogP contribution in [-0.4, -0.2) is 41.8 Å². The van der Waals surface area contributed by atoms with Crippen molar-refractivity contribution in [1.82, 2.24) is 10.6 Å². The molecule has 0 spiro atoms. The lowest BCUT2D eigenvalue weighted by atomic mass is 9.84. The van der Waals surface area contributed by atoms with E-state index in [0.29, 0.717) is 6.42 Å². The monoisotopic (exact) mass is 452 g/mol. The Kier molecular flexibility index (Phi) is 7.41. The molecular weight excluding hydrogens is 420 g/mol. The minimum atomic E-state index is -0.993. The molecule has 0 fully saturated rings. The van der Waals surface area contributed by atoms with Gasteiger partial charge in [0.15, 0.2) is 0 Å². The number of carbonyl (C=O) groups excluding carboxylic acids is 2. The van der Waals surface area contributed by atoms with E-state index in [9.17, 15) is 19.5 Å². The summed E-state index contributed by atoms with van der Waals surface area (Å²) in [5.41, 5.74) is 4.05. The van der Waals surface area contributed by atoms with Gasteiger partial charge in [0.05, 0.1) is 6.42 Å². The van der Waals surface area contributed by atoms with Gasteiger partial charge in [0, 0.05) is 12.0 Å². The second kappa shape index (κ2) is 10.1. The highest BCUT2D eigenvalue weighted by Gasteiger charge is 2.32. The Bertz CT molecular complexity index is 982. The van der Waals surface area contributed by atoms with Crippen LogP contribution in [0.2, 0.25) is 0 Å². The number of carboxylic acids is 1. The number of aliphatic carboxylic acids is 1. The van der Waals surface area contributed by atoms with Crippen molar-refractivity contribution in [2.75, 3.05) is 6.61 Å². The molecule has 0 bridgehead atoms. The van der Waals surface area contributed by atoms with Crippen LogP contribution in [0.5, 0.6) is 0 Å². The highest BCUT2D eigenvalue weighted by molar-refractivity contribution is 5.86. The first-order valence-electron chi connectivity index (χ1n) is 11.3. The van der Waals surface area contributed by atoms with E-state index in [-0.39, 0.29) is 18.9 Å². The van der Waals surface area contributed by atoms with Gasteiger partial charge in [0.25, 0.3) is 0 Å². The molecule has 176 valence electrons. The number of benzene rings is 2. The lowest BCUT2D eigenvalue weighted by molar-refractivity contribution is -0.138. The maximum absolute atomic E-state index is 12.8. The van der Waals surface area contributed by atoms with Gasteiger partial charge >= 0.3 is 12.1 Å². The van der Waals surface area contributed by atoms with Crippen molar-refractivity contribution in [3.05, 3.63) is 59.7 Å². The molecule has 0 saturated carbocycles. The number of carboxylic acid groups (broad SMARTS) is 1. The molecule has 0 aromatic heterocycles. The second-order valence-electron chi connectivity index (χ2n) is 9.46. The van der Waals surface area contributed by atoms with Gasteiger partial charge in [-0.3, -0.25) is 9.59 Å². The maximum Gasteiger partial charge on any atom is 0.407 e. The molecule has 7 nitrogen and oxygen atoms in total. The molecule has 0 heterocycles. The number of nitrogens with one attached hydrogen (secondary N) is 2. The number of hydrogen-bond acceptors (Lipinski definition) is 4. The predicted octanol–water partition coefficient (Wildman–Crippen LogP) is 4.31. The zero-order valence-electron chi connectivity index (χ0n) is 19.6. The molecule has 2 aromatic carbocycles. The van der Waals surface area contributed by atoms with Crippen LogP contribution in [-0.2, 0) is 14.3 Å². The highest BCUT2D eigenvalue weighted by atomic mass is 16.5. The summed E-state index contributed by atoms with van der Waals surface area (Å²) in [6.07, 6.45) is -0.527. The van der Waals surface area contributed by atoms with Gasteiger partial charge in [0.1, 0.15) is 12.6 Å². The molecule has 0 aliphatic heterocycles. The predicted molar refractivity (Wildman–Crippen MR) is 126 cm³/mol. The molecular formula is C26H32N2O5. The Balaban J connectivity index is 1.63. The molecule has 2 aromatic rings. The minimum Gasteiger partial charge on any atom is -0.481 e. The largest absolute Gasteiger partial charge is 0.481 e. The normalized spacial score (nSPS) is 14.5. The summed E-state index contributed by atoms with van der Waals surface area (Å²) in [6, 6.07) is 14.7. The second-order valence-corrected chi connectivity index (χ2v) is 9.46. The van der Waals surface area contributed by atoms with Gasteiger partial charge in [-0.05, 0) is 34.1 Å². The van der Waals surface area contributed by atoms with Gasteiger partial charge in [-0.2, -0.15) is 0 Å². The van der Waals surface area contributed by atoms with Gasteiger partial charge < -0.3 is 20.5 Å². The van der Waals surface area contributed by atoms with Crippen LogP contribution < -0.4 is 10.6 Å². The molecule has 2 amide bonds. The van der Waals surface area contributed by atoms with Crippen molar-refractivity contribution in [2.24, 2.45) is 5.41 Å². The standard InChI is InChI=1S/C26H32N2O5/c1-5-21(24(31)28-22(14-23(29)30)26(2,3)4)27-25(32)33-15-20-18-12-8-6-10-16(18)17-11-7-9-13-19(17)20/h6-13,20-22H,5,14-15H2,1-4H3,(H,27,32)(H,28,31)(H,29,30)/t21-,22?/m0/s1. The number of alkyl carbamates (subject to hydrolysis) is 1. The molecule has 3 N–H and O–H groups in total. The van der Waals surface area contributed by atoms with E-state index >= 15 is 0 Å². The third-order valence-corrected chi connectivity index (χ3v) is 6.10. The van der Waals surface area contributed by atoms with Crippen molar-refractivity contribution in [1.29, 1.82) is 0 Å². The fourth-order valence-corrected chi connectivity index (χ4v) is 4.16. The van der Waals surface area contributed by atoms with Crippen LogP contribution in [0, 0.1) is 5.41 Å². The molecule has 1 aliphatic rings. The van der Waals surface area contributed by atoms with Crippen molar-refractivity contribution in [3.63, 3.8) is 0 Å². The number of amides is 2. The van der Waals surface area contributed by atoms with E-state index in [1.807, 2.05) is 57.2 Å². The summed E-state index contributed by atoms with van der Waals surface area (Å²) in [7, 11) is 0. The van der Waals surface area contributed by atoms with E-state index < -0.39 is 35.5 Å². The Labute approximate surface area is 194 Å². The molecule has 7 heteroatoms. The number of carbonyl (C=O) groups is 3. The number of fused-ring (bicyclic) bond motifs is 3. The van der Waals surface area contributed by atoms with Gasteiger partial charge in [-0.25, -0.2) is 4.79 Å². The Morgan fingerprint density at radius 2 is 1.52 bits per heavy atom. The van der Waals surface area contributed by atoms with Crippen LogP contribution in [0.3, 0.4) is 0 Å². The zero-order valence-corrected chi connectivity index (χ0v) is 19.6. The quantitative estimate of drug-likeness (QED) is 0.554. The average Bonchev–Trinajstić information content (AvgIpc) is 3.08. The van der Waals surface area contributed by atoms with E-state index in [1.54, 1.807) is 6.92 Å². The maximum atomic E-state index is 12.8. The van der Waals surface area contributed by atoms with Crippen LogP contribution >= 0.6 is 0 Å². The van der Waals surface area contributed by atoms with Crippen molar-refractivity contribution in [3.8, 4) is 11.1 Å². The first kappa shape index (κ1) is 24.3. The van der Waals surface area contributed by atoms with E-state index in [2.05, 4.69) is 22.8 Å². The lowest BCUT2D eigenvalue weighted by Crippen LogP contribution is -2.53. The summed E-state index contributed by atoms with van der Waals surface area (Å²) >= 11 is 0. The van der Waals surface area contributed by atoms with Crippen LogP contribution in [0.25, 0.3) is 11.1 Å². The molecule has 0 radical (unpaired) electrons. The van der Waals surface area contributed by atoms with Gasteiger partial charge in [-0.15, -0.1) is 0 Å². The molecule has 0 saturated heterocycles. The first-order chi connectivity index (χ1) is 15.6. The summed E-state index contributed by atoms with van der Waals surface area (Å²) in [4.78, 5) is 36.5. The Morgan fingerprint density at radius 3 is 2.00 bits per heavy atom. The third kappa shape index (κ3) is 5.72. The third-order valence-electron chi connectivity index (χ3n) is 6.10. The average molecular weight is 453 g/mol. The number of hydrogen-bond donors (Lipinski definition) is 3. The molecule has 33 heavy (non-hydrogen) atoms. The van der Waals surface area contributed by atoms with E-state index in [4.69, 9.17) is 4.74 Å². The Morgan fingerprint density at radius 1 is 0.970 bits per heavy atom. The van der Waals surface area contributed by atoms with Crippen molar-refractivity contribution in [2.45, 2.75) is 58.5 Å². The van der Waals surface area contributed by atoms with Crippen LogP contribution in [0.1, 0.15) is 57.6 Å². The number of rotatable bonds is 8. The smallest absolute Gasteiger partial charge is 0.407 e. The molecule has 1 unspecified atom stereocenters. The molecule has 3 rings (SSSR count). The minimum absolute atomic E-state index is 0.0714. The van der Waals surface area contributed by atoms with E-state index in [1.165, 1.54) is 0 Å². The SMILES string of the molecule is CC[C@H](NC(=O)OCC1c2ccccc2-c2ccccc21)C(=O)NC(CC(=O)O)C(C)(C)C. The molecule has 2 atom stereocenters. The Hall–Kier alpha value is -3.35. The summed E-state index contributed by atoms with van der Waals surface area (Å²) in [5, 5.41) is 14.6. The lowest BCUT2D eigenvalue weighted by Gasteiger charge is -2.31. The zero-order chi connectivity index (χ0) is 24.2. The van der Waals surface area contributed by atoms with Crippen LogP contribution in [0.15, 0.2) is 48.5 Å². The summed E-state index contributed by atoms with van der Waals surface area (Å²) in [6.45, 7) is 7.52. The molecule has 1 aliphatic carbocycles. The summed E-state index contributed by atoms with van der Waals surface area (Å²) < 4.78 is 5.53. The van der Waals surface area contributed by atoms with Crippen molar-refractivity contribution < 1.29 is 24.2 Å². The van der Waals surface area contributed by atoms with Crippen molar-refractivity contribution >= 4 is 18.0 Å². The summed E-state index contributed by atoms with van der Waals surface area (Å²) in [5.74, 6) is -1.49. The number of ether oxygens (including phenoxy) is 1. The fraction of sp³-hybridized carbons (Fsp3) is 0.423. The van der Waals surface area contributed by atoms with E-state index in [0.717, 1.165) is 22.3 Å². The fourth-order valence-electron chi connectivity index (χ4n) is 4.16. The highest BCUT2D eigenvalue weighted by Crippen LogP contribution is 2.44. The van der Waals surface area contributed by atoms with Gasteiger partial charge in [0.2, 0.25) is 5.91 Å². The first-order valence-corrected chi connectivity index (χ1v) is 11.3. The topological polar surface area (TPSA) is 105 Å². The van der Waals surface area contributed by atoms with Crippen LogP contribution in [0.4, 0.5) is 4.79 Å².